The molecular weight excluding hydrogens is 821 g/mol. The number of hydrogen-bond donors (Lipinski definition) is 0. The van der Waals surface area contributed by atoms with Gasteiger partial charge in [0.05, 0.1) is 42.5 Å². The first-order valence-corrected chi connectivity index (χ1v) is 20.7. The standard InChI is InChI=1S/C46H46N10O8/c57-53(58)43-19-5-1-11-35(43)27-49-23-24-50(28-36-12-2-6-20-44(36)54(59)60)32-41-17-10-18-42(48-41)34-52(30-38-14-4-8-22-46(38)56(63)64)26-25-51(33-40-16-9-15-39(31-49)47-40)29-37-13-3-7-21-45(37)55(61)62/h1-22H,23-34H2. The summed E-state index contributed by atoms with van der Waals surface area (Å²) in [6, 6.07) is 37.7. The minimum atomic E-state index is -0.399. The first-order valence-electron chi connectivity index (χ1n) is 20.7. The fourth-order valence-corrected chi connectivity index (χ4v) is 8.00. The van der Waals surface area contributed by atoms with E-state index in [1.54, 1.807) is 72.8 Å². The Morgan fingerprint density at radius 2 is 0.562 bits per heavy atom. The number of pyridine rings is 2. The monoisotopic (exact) mass is 866 g/mol. The molecule has 0 aliphatic carbocycles. The van der Waals surface area contributed by atoms with Gasteiger partial charge in [-0.25, -0.2) is 0 Å². The van der Waals surface area contributed by atoms with Crippen molar-refractivity contribution in [3.8, 4) is 0 Å². The van der Waals surface area contributed by atoms with Crippen LogP contribution in [-0.2, 0) is 52.4 Å². The summed E-state index contributed by atoms with van der Waals surface area (Å²) >= 11 is 0. The van der Waals surface area contributed by atoms with Crippen LogP contribution in [0.2, 0.25) is 0 Å². The summed E-state index contributed by atoms with van der Waals surface area (Å²) in [6.07, 6.45) is 0. The second kappa shape index (κ2) is 21.1. The maximum atomic E-state index is 12.1. The number of nitro benzene ring substituents is 4. The van der Waals surface area contributed by atoms with E-state index >= 15 is 0 Å². The van der Waals surface area contributed by atoms with Gasteiger partial charge in [0.15, 0.2) is 0 Å². The van der Waals surface area contributed by atoms with Crippen molar-refractivity contribution in [2.75, 3.05) is 26.2 Å². The van der Waals surface area contributed by atoms with Crippen molar-refractivity contribution in [3.63, 3.8) is 0 Å². The lowest BCUT2D eigenvalue weighted by Gasteiger charge is -2.29. The van der Waals surface area contributed by atoms with Crippen molar-refractivity contribution in [2.24, 2.45) is 0 Å². The Morgan fingerprint density at radius 1 is 0.344 bits per heavy atom. The van der Waals surface area contributed by atoms with Crippen LogP contribution < -0.4 is 0 Å². The number of hydrogen-bond acceptors (Lipinski definition) is 14. The molecule has 4 bridgehead atoms. The lowest BCUT2D eigenvalue weighted by molar-refractivity contribution is -0.385. The van der Waals surface area contributed by atoms with E-state index in [1.807, 2.05) is 36.4 Å². The first kappa shape index (κ1) is 44.7. The number of fused-ring (bicyclic) bond motifs is 4. The normalized spacial score (nSPS) is 14.9. The molecule has 1 aliphatic rings. The largest absolute Gasteiger partial charge is 0.292 e. The van der Waals surface area contributed by atoms with Gasteiger partial charge in [-0.3, -0.25) is 70.0 Å². The van der Waals surface area contributed by atoms with Gasteiger partial charge in [-0.15, -0.1) is 0 Å². The molecule has 64 heavy (non-hydrogen) atoms. The van der Waals surface area contributed by atoms with Gasteiger partial charge in [0.2, 0.25) is 0 Å². The van der Waals surface area contributed by atoms with Gasteiger partial charge < -0.3 is 0 Å². The highest BCUT2D eigenvalue weighted by Gasteiger charge is 2.24. The minimum absolute atomic E-state index is 0.0111. The van der Waals surface area contributed by atoms with E-state index in [4.69, 9.17) is 9.97 Å². The van der Waals surface area contributed by atoms with Crippen molar-refractivity contribution >= 4 is 22.7 Å². The molecule has 7 rings (SSSR count). The van der Waals surface area contributed by atoms with Crippen LogP contribution in [0.5, 0.6) is 0 Å². The molecular formula is C46H46N10O8. The fraction of sp³-hybridized carbons (Fsp3) is 0.261. The molecule has 18 heteroatoms. The minimum Gasteiger partial charge on any atom is -0.292 e. The van der Waals surface area contributed by atoms with Crippen LogP contribution in [0.25, 0.3) is 0 Å². The average Bonchev–Trinajstić information content (AvgIpc) is 3.27. The summed E-state index contributed by atoms with van der Waals surface area (Å²) in [5.41, 5.74) is 4.81. The molecule has 328 valence electrons. The number of nitrogens with zero attached hydrogens (tertiary/aromatic N) is 10. The van der Waals surface area contributed by atoms with Crippen LogP contribution in [0.1, 0.15) is 45.0 Å². The summed E-state index contributed by atoms with van der Waals surface area (Å²) in [5, 5.41) is 48.5. The van der Waals surface area contributed by atoms with E-state index in [2.05, 4.69) is 19.6 Å². The van der Waals surface area contributed by atoms with E-state index in [-0.39, 0.29) is 48.9 Å². The number of aromatic nitrogens is 2. The number of benzene rings is 4. The lowest BCUT2D eigenvalue weighted by Crippen LogP contribution is -2.36. The molecule has 0 N–H and O–H groups in total. The summed E-state index contributed by atoms with van der Waals surface area (Å²) in [6.45, 7) is 3.67. The van der Waals surface area contributed by atoms with Gasteiger partial charge in [0.25, 0.3) is 22.7 Å². The highest BCUT2D eigenvalue weighted by Crippen LogP contribution is 2.26. The van der Waals surface area contributed by atoms with E-state index in [9.17, 15) is 40.5 Å². The van der Waals surface area contributed by atoms with Gasteiger partial charge in [-0.05, 0) is 24.3 Å². The Hall–Kier alpha value is -7.38. The fourth-order valence-electron chi connectivity index (χ4n) is 8.00. The summed E-state index contributed by atoms with van der Waals surface area (Å²) in [5.74, 6) is 0. The topological polar surface area (TPSA) is 211 Å². The Balaban J connectivity index is 1.29. The number of rotatable bonds is 12. The molecule has 2 aromatic heterocycles. The predicted octanol–water partition coefficient (Wildman–Crippen LogP) is 7.83. The van der Waals surface area contributed by atoms with Gasteiger partial charge >= 0.3 is 0 Å². The Morgan fingerprint density at radius 3 is 0.781 bits per heavy atom. The van der Waals surface area contributed by atoms with Gasteiger partial charge in [0.1, 0.15) is 0 Å². The highest BCUT2D eigenvalue weighted by molar-refractivity contribution is 5.42. The van der Waals surface area contributed by atoms with Crippen molar-refractivity contribution in [3.05, 3.63) is 219 Å². The summed E-state index contributed by atoms with van der Waals surface area (Å²) in [4.78, 5) is 65.3. The Kier molecular flexibility index (Phi) is 14.7. The molecule has 1 aliphatic heterocycles. The van der Waals surface area contributed by atoms with Gasteiger partial charge in [0, 0.05) is 125 Å². The van der Waals surface area contributed by atoms with Crippen molar-refractivity contribution in [1.82, 2.24) is 29.6 Å². The molecule has 0 unspecified atom stereocenters. The molecule has 4 aromatic carbocycles. The maximum Gasteiger partial charge on any atom is 0.273 e. The summed E-state index contributed by atoms with van der Waals surface area (Å²) in [7, 11) is 0. The van der Waals surface area contributed by atoms with Crippen LogP contribution in [0.4, 0.5) is 22.7 Å². The average molecular weight is 867 g/mol. The maximum absolute atomic E-state index is 12.1. The molecule has 18 nitrogen and oxygen atoms in total. The zero-order chi connectivity index (χ0) is 45.0. The van der Waals surface area contributed by atoms with Crippen LogP contribution in [0.15, 0.2) is 133 Å². The highest BCUT2D eigenvalue weighted by atomic mass is 16.6. The molecule has 0 fully saturated rings. The molecule has 0 amide bonds. The lowest BCUT2D eigenvalue weighted by atomic mass is 10.1. The molecule has 0 radical (unpaired) electrons. The smallest absolute Gasteiger partial charge is 0.273 e. The molecule has 0 saturated carbocycles. The first-order chi connectivity index (χ1) is 31.0. The van der Waals surface area contributed by atoms with Crippen molar-refractivity contribution in [2.45, 2.75) is 52.4 Å². The van der Waals surface area contributed by atoms with Crippen LogP contribution in [0.3, 0.4) is 0 Å². The van der Waals surface area contributed by atoms with Crippen LogP contribution >= 0.6 is 0 Å². The van der Waals surface area contributed by atoms with Crippen molar-refractivity contribution in [1.29, 1.82) is 0 Å². The Bertz CT molecular complexity index is 2280. The van der Waals surface area contributed by atoms with E-state index in [1.165, 1.54) is 24.3 Å². The molecule has 6 aromatic rings. The second-order valence-electron chi connectivity index (χ2n) is 15.6. The summed E-state index contributed by atoms with van der Waals surface area (Å²) < 4.78 is 0. The quantitative estimate of drug-likeness (QED) is 0.0848. The molecule has 0 saturated heterocycles. The van der Waals surface area contributed by atoms with E-state index in [0.29, 0.717) is 97.4 Å². The van der Waals surface area contributed by atoms with E-state index < -0.39 is 19.7 Å². The Labute approximate surface area is 368 Å². The van der Waals surface area contributed by atoms with Gasteiger partial charge in [-0.1, -0.05) is 84.9 Å². The molecule has 0 atom stereocenters. The second-order valence-corrected chi connectivity index (χ2v) is 15.6. The third-order valence-corrected chi connectivity index (χ3v) is 11.1. The number of nitro groups is 4. The molecule has 3 heterocycles. The van der Waals surface area contributed by atoms with Crippen LogP contribution in [-0.4, -0.2) is 75.4 Å². The number of para-hydroxylation sites is 4. The predicted molar refractivity (Wildman–Crippen MR) is 237 cm³/mol. The van der Waals surface area contributed by atoms with Crippen LogP contribution in [0, 0.1) is 40.5 Å². The zero-order valence-electron chi connectivity index (χ0n) is 34.9. The zero-order valence-corrected chi connectivity index (χ0v) is 34.9. The SMILES string of the molecule is O=[N+]([O-])c1ccccc1CN1CCN(Cc2ccccc2[N+](=O)[O-])Cc2cccc(n2)CN(Cc2ccccc2[N+](=O)[O-])CCN(Cc2ccccc2[N+](=O)[O-])Cc2cccc(n2)C1. The third-order valence-electron chi connectivity index (χ3n) is 11.1. The van der Waals surface area contributed by atoms with Gasteiger partial charge in [-0.2, -0.15) is 0 Å². The van der Waals surface area contributed by atoms with E-state index in [0.717, 1.165) is 0 Å². The van der Waals surface area contributed by atoms with Crippen molar-refractivity contribution < 1.29 is 19.7 Å². The third kappa shape index (κ3) is 12.0. The molecule has 0 spiro atoms.